The van der Waals surface area contributed by atoms with Gasteiger partial charge in [-0.25, -0.2) is 13.2 Å². The standard InChI is InChI=1S/C24H28N4O4S/c25-17-19-9-11-22(12-10-19)33(30,31)28-15-13-27(14-16-28)24(29)26-18-20-5-1-4-8-23(20)32-21-6-2-3-7-21/h1,4-5,8-12,21H,2-3,6-7,13-16,18H2,(H,26,29). The van der Waals surface area contributed by atoms with Crippen molar-refractivity contribution in [2.24, 2.45) is 0 Å². The number of nitriles is 1. The van der Waals surface area contributed by atoms with Crippen molar-refractivity contribution in [1.82, 2.24) is 14.5 Å². The third kappa shape index (κ3) is 5.46. The van der Waals surface area contributed by atoms with Crippen LogP contribution in [0.15, 0.2) is 53.4 Å². The molecule has 0 spiro atoms. The average Bonchev–Trinajstić information content (AvgIpc) is 3.36. The lowest BCUT2D eigenvalue weighted by Crippen LogP contribution is -2.52. The predicted octanol–water partition coefficient (Wildman–Crippen LogP) is 3.10. The van der Waals surface area contributed by atoms with Crippen molar-refractivity contribution in [3.8, 4) is 11.8 Å². The van der Waals surface area contributed by atoms with Crippen molar-refractivity contribution < 1.29 is 17.9 Å². The molecule has 2 aromatic carbocycles. The number of benzene rings is 2. The van der Waals surface area contributed by atoms with E-state index in [-0.39, 0.29) is 30.1 Å². The molecule has 0 unspecified atom stereocenters. The van der Waals surface area contributed by atoms with Crippen molar-refractivity contribution in [2.45, 2.75) is 43.2 Å². The zero-order valence-corrected chi connectivity index (χ0v) is 19.3. The first-order chi connectivity index (χ1) is 16.0. The Balaban J connectivity index is 1.30. The van der Waals surface area contributed by atoms with Gasteiger partial charge in [0.15, 0.2) is 0 Å². The van der Waals surface area contributed by atoms with Gasteiger partial charge in [0, 0.05) is 38.3 Å². The van der Waals surface area contributed by atoms with Crippen molar-refractivity contribution in [3.05, 3.63) is 59.7 Å². The predicted molar refractivity (Wildman–Crippen MR) is 123 cm³/mol. The summed E-state index contributed by atoms with van der Waals surface area (Å²) in [6.45, 7) is 1.41. The number of hydrogen-bond donors (Lipinski definition) is 1. The van der Waals surface area contributed by atoms with Gasteiger partial charge in [0.05, 0.1) is 22.6 Å². The molecule has 9 heteroatoms. The molecule has 2 amide bonds. The van der Waals surface area contributed by atoms with E-state index in [9.17, 15) is 13.2 Å². The lowest BCUT2D eigenvalue weighted by atomic mass is 10.2. The monoisotopic (exact) mass is 468 g/mol. The molecule has 1 aliphatic carbocycles. The van der Waals surface area contributed by atoms with Crippen LogP contribution in [0.4, 0.5) is 4.79 Å². The highest BCUT2D eigenvalue weighted by atomic mass is 32.2. The Bertz CT molecular complexity index is 1110. The van der Waals surface area contributed by atoms with Gasteiger partial charge >= 0.3 is 6.03 Å². The fraction of sp³-hybridized carbons (Fsp3) is 0.417. The molecule has 0 bridgehead atoms. The minimum atomic E-state index is -3.66. The highest BCUT2D eigenvalue weighted by molar-refractivity contribution is 7.89. The first kappa shape index (κ1) is 23.1. The van der Waals surface area contributed by atoms with Crippen molar-refractivity contribution in [3.63, 3.8) is 0 Å². The molecular formula is C24H28N4O4S. The number of ether oxygens (including phenoxy) is 1. The Morgan fingerprint density at radius 3 is 2.36 bits per heavy atom. The topological polar surface area (TPSA) is 103 Å². The fourth-order valence-corrected chi connectivity index (χ4v) is 5.64. The molecule has 1 aliphatic heterocycles. The molecule has 1 saturated carbocycles. The van der Waals surface area contributed by atoms with Crippen LogP contribution in [-0.2, 0) is 16.6 Å². The normalized spacial score (nSPS) is 17.5. The van der Waals surface area contributed by atoms with Gasteiger partial charge in [-0.1, -0.05) is 18.2 Å². The maximum atomic E-state index is 12.9. The van der Waals surface area contributed by atoms with E-state index in [1.54, 1.807) is 4.90 Å². The highest BCUT2D eigenvalue weighted by Gasteiger charge is 2.30. The van der Waals surface area contributed by atoms with E-state index in [4.69, 9.17) is 10.00 Å². The number of carbonyl (C=O) groups is 1. The van der Waals surface area contributed by atoms with E-state index in [1.165, 1.54) is 41.4 Å². The summed E-state index contributed by atoms with van der Waals surface area (Å²) in [6, 6.07) is 15.4. The van der Waals surface area contributed by atoms with Crippen LogP contribution in [0.2, 0.25) is 0 Å². The quantitative estimate of drug-likeness (QED) is 0.702. The van der Waals surface area contributed by atoms with Crippen molar-refractivity contribution in [2.75, 3.05) is 26.2 Å². The number of nitrogens with one attached hydrogen (secondary N) is 1. The number of nitrogens with zero attached hydrogens (tertiary/aromatic N) is 3. The number of hydrogen-bond acceptors (Lipinski definition) is 5. The van der Waals surface area contributed by atoms with E-state index in [0.29, 0.717) is 25.2 Å². The van der Waals surface area contributed by atoms with Crippen LogP contribution >= 0.6 is 0 Å². The summed E-state index contributed by atoms with van der Waals surface area (Å²) in [5.41, 5.74) is 1.34. The van der Waals surface area contributed by atoms with Crippen LogP contribution < -0.4 is 10.1 Å². The minimum absolute atomic E-state index is 0.151. The smallest absolute Gasteiger partial charge is 0.317 e. The van der Waals surface area contributed by atoms with E-state index in [1.807, 2.05) is 30.3 Å². The largest absolute Gasteiger partial charge is 0.490 e. The van der Waals surface area contributed by atoms with E-state index < -0.39 is 10.0 Å². The molecule has 1 N–H and O–H groups in total. The van der Waals surface area contributed by atoms with E-state index in [0.717, 1.165) is 24.2 Å². The summed E-state index contributed by atoms with van der Waals surface area (Å²) < 4.78 is 33.2. The van der Waals surface area contributed by atoms with E-state index in [2.05, 4.69) is 5.32 Å². The SMILES string of the molecule is N#Cc1ccc(S(=O)(=O)N2CCN(C(=O)NCc3ccccc3OC3CCCC3)CC2)cc1. The Morgan fingerprint density at radius 1 is 1.03 bits per heavy atom. The molecule has 1 heterocycles. The molecule has 2 aliphatic rings. The third-order valence-corrected chi connectivity index (χ3v) is 8.06. The number of rotatable bonds is 6. The number of urea groups is 1. The van der Waals surface area contributed by atoms with Crippen LogP contribution in [0.3, 0.4) is 0 Å². The second-order valence-corrected chi connectivity index (χ2v) is 10.3. The molecule has 2 aromatic rings. The zero-order valence-electron chi connectivity index (χ0n) is 18.4. The van der Waals surface area contributed by atoms with Gasteiger partial charge in [0.1, 0.15) is 5.75 Å². The summed E-state index contributed by atoms with van der Waals surface area (Å²) >= 11 is 0. The van der Waals surface area contributed by atoms with Crippen molar-refractivity contribution in [1.29, 1.82) is 5.26 Å². The van der Waals surface area contributed by atoms with Crippen LogP contribution in [-0.4, -0.2) is 55.9 Å². The Hall–Kier alpha value is -3.09. The summed E-state index contributed by atoms with van der Waals surface area (Å²) in [6.07, 6.45) is 4.76. The Morgan fingerprint density at radius 2 is 1.70 bits per heavy atom. The minimum Gasteiger partial charge on any atom is -0.490 e. The average molecular weight is 469 g/mol. The van der Waals surface area contributed by atoms with Gasteiger partial charge in [-0.05, 0) is 56.0 Å². The first-order valence-electron chi connectivity index (χ1n) is 11.2. The Labute approximate surface area is 194 Å². The molecular weight excluding hydrogens is 440 g/mol. The lowest BCUT2D eigenvalue weighted by molar-refractivity contribution is 0.171. The summed E-state index contributed by atoms with van der Waals surface area (Å²) in [5.74, 6) is 0.808. The van der Waals surface area contributed by atoms with Gasteiger partial charge in [0.25, 0.3) is 0 Å². The molecule has 0 aromatic heterocycles. The van der Waals surface area contributed by atoms with Crippen molar-refractivity contribution >= 4 is 16.1 Å². The fourth-order valence-electron chi connectivity index (χ4n) is 4.22. The van der Waals surface area contributed by atoms with Gasteiger partial charge in [-0.2, -0.15) is 9.57 Å². The molecule has 4 rings (SSSR count). The van der Waals surface area contributed by atoms with Crippen LogP contribution in [0.25, 0.3) is 0 Å². The van der Waals surface area contributed by atoms with Gasteiger partial charge in [-0.15, -0.1) is 0 Å². The molecule has 174 valence electrons. The third-order valence-electron chi connectivity index (χ3n) is 6.15. The van der Waals surface area contributed by atoms with Gasteiger partial charge in [-0.3, -0.25) is 0 Å². The maximum Gasteiger partial charge on any atom is 0.317 e. The molecule has 0 atom stereocenters. The number of carbonyl (C=O) groups excluding carboxylic acids is 1. The van der Waals surface area contributed by atoms with E-state index >= 15 is 0 Å². The Kier molecular flexibility index (Phi) is 7.16. The molecule has 0 radical (unpaired) electrons. The maximum absolute atomic E-state index is 12.9. The number of para-hydroxylation sites is 1. The second kappa shape index (κ2) is 10.2. The number of amides is 2. The summed E-state index contributed by atoms with van der Waals surface area (Å²) in [7, 11) is -3.66. The highest BCUT2D eigenvalue weighted by Crippen LogP contribution is 2.26. The van der Waals surface area contributed by atoms with Crippen LogP contribution in [0.1, 0.15) is 36.8 Å². The molecule has 33 heavy (non-hydrogen) atoms. The first-order valence-corrected chi connectivity index (χ1v) is 12.7. The second-order valence-electron chi connectivity index (χ2n) is 8.32. The van der Waals surface area contributed by atoms with Crippen LogP contribution in [0.5, 0.6) is 5.75 Å². The summed E-state index contributed by atoms with van der Waals surface area (Å²) in [4.78, 5) is 14.5. The van der Waals surface area contributed by atoms with Gasteiger partial charge in [0.2, 0.25) is 10.0 Å². The molecule has 1 saturated heterocycles. The zero-order chi connectivity index (χ0) is 23.3. The van der Waals surface area contributed by atoms with Crippen LogP contribution in [0, 0.1) is 11.3 Å². The number of piperazine rings is 1. The molecule has 2 fully saturated rings. The molecule has 8 nitrogen and oxygen atoms in total. The van der Waals surface area contributed by atoms with Gasteiger partial charge < -0.3 is 15.0 Å². The lowest BCUT2D eigenvalue weighted by Gasteiger charge is -2.34. The summed E-state index contributed by atoms with van der Waals surface area (Å²) in [5, 5.41) is 11.8. The number of sulfonamides is 1.